The number of piperidine rings is 1. The lowest BCUT2D eigenvalue weighted by Gasteiger charge is -2.72. The molecule has 1 spiro atoms. The van der Waals surface area contributed by atoms with Crippen molar-refractivity contribution in [3.63, 3.8) is 0 Å². The second-order valence-corrected chi connectivity index (χ2v) is 14.4. The van der Waals surface area contributed by atoms with E-state index in [9.17, 15) is 30.0 Å². The number of likely N-dealkylation sites (tertiary alicyclic amines) is 1. The average Bonchev–Trinajstić information content (AvgIpc) is 3.38. The molecule has 0 amide bonds. The van der Waals surface area contributed by atoms with Crippen molar-refractivity contribution in [3.05, 3.63) is 35.9 Å². The lowest BCUT2D eigenvalue weighted by molar-refractivity contribution is -0.353. The standard InChI is InChI=1S/C33H45NO12/c1-16(35)46-33-20-21(43-5)22-29(15-41-3)14-34(2)24(20)32(22,19(42-4)12-18(29)36)31(40)13-30(39,27(44-6)25(33)37)26(23(31)33)45-28(38)17-10-8-7-9-11-17/h7-11,18-27,36-37,39-40H,12-15H2,1-6H3/t18-,19+,20?,21+,22-,23+,24?,25+,26?,27+,29+,30-,31+,32?,33+/m1/s1. The topological polar surface area (TPSA) is 174 Å². The summed E-state index contributed by atoms with van der Waals surface area (Å²) in [5.74, 6) is -4.35. The Morgan fingerprint density at radius 2 is 1.67 bits per heavy atom. The van der Waals surface area contributed by atoms with Gasteiger partial charge in [0.2, 0.25) is 0 Å². The van der Waals surface area contributed by atoms with Crippen LogP contribution in [0.5, 0.6) is 0 Å². The van der Waals surface area contributed by atoms with E-state index in [1.54, 1.807) is 37.4 Å². The fourth-order valence-corrected chi connectivity index (χ4v) is 12.2. The Labute approximate surface area is 267 Å². The van der Waals surface area contributed by atoms with E-state index in [4.69, 9.17) is 28.4 Å². The SMILES string of the molecule is COC[C@]12CN(C)C3C4[C@H](OC)[C@H]1C3([C@@H](OC)C[C@H]2O)[C@]1(O)C[C@@]2(O)C(OC(=O)c3ccccc3)[C@@H]1[C@]4(OC(C)=O)[C@@H](O)[C@@H]2OC. The summed E-state index contributed by atoms with van der Waals surface area (Å²) in [5, 5.41) is 50.8. The number of benzene rings is 1. The van der Waals surface area contributed by atoms with Gasteiger partial charge in [-0.2, -0.15) is 0 Å². The zero-order chi connectivity index (χ0) is 33.2. The van der Waals surface area contributed by atoms with Crippen molar-refractivity contribution in [2.75, 3.05) is 48.6 Å². The summed E-state index contributed by atoms with van der Waals surface area (Å²) in [7, 11) is 7.77. The molecule has 13 nitrogen and oxygen atoms in total. The third-order valence-corrected chi connectivity index (χ3v) is 12.9. The van der Waals surface area contributed by atoms with Gasteiger partial charge < -0.3 is 53.7 Å². The van der Waals surface area contributed by atoms with E-state index in [2.05, 4.69) is 0 Å². The number of carbonyl (C=O) groups excluding carboxylic acids is 2. The smallest absolute Gasteiger partial charge is 0.338 e. The number of methoxy groups -OCH3 is 4. The normalized spacial score (nSPS) is 51.5. The second kappa shape index (κ2) is 10.4. The summed E-state index contributed by atoms with van der Waals surface area (Å²) in [5.41, 5.74) is -8.16. The summed E-state index contributed by atoms with van der Waals surface area (Å²) in [4.78, 5) is 28.9. The van der Waals surface area contributed by atoms with Crippen LogP contribution >= 0.6 is 0 Å². The van der Waals surface area contributed by atoms with Gasteiger partial charge in [-0.1, -0.05) is 18.2 Å². The van der Waals surface area contributed by atoms with Crippen molar-refractivity contribution >= 4 is 11.9 Å². The van der Waals surface area contributed by atoms with Gasteiger partial charge in [0.25, 0.3) is 0 Å². The highest BCUT2D eigenvalue weighted by Gasteiger charge is 2.96. The predicted molar refractivity (Wildman–Crippen MR) is 157 cm³/mol. The van der Waals surface area contributed by atoms with Crippen LogP contribution in [-0.4, -0.2) is 145 Å². The first-order valence-corrected chi connectivity index (χ1v) is 15.9. The van der Waals surface area contributed by atoms with Gasteiger partial charge in [0.1, 0.15) is 23.9 Å². The molecule has 1 saturated heterocycles. The third kappa shape index (κ3) is 3.41. The highest BCUT2D eigenvalue weighted by atomic mass is 16.6. The quantitative estimate of drug-likeness (QED) is 0.263. The number of aliphatic hydroxyl groups excluding tert-OH is 2. The molecule has 0 radical (unpaired) electrons. The number of aliphatic hydroxyl groups is 4. The van der Waals surface area contributed by atoms with Crippen molar-refractivity contribution in [1.82, 2.24) is 4.90 Å². The highest BCUT2D eigenvalue weighted by molar-refractivity contribution is 5.89. The first-order valence-electron chi connectivity index (χ1n) is 15.9. The summed E-state index contributed by atoms with van der Waals surface area (Å²) in [6.07, 6.45) is -7.39. The number of fused-ring (bicyclic) bond motifs is 2. The number of ether oxygens (including phenoxy) is 6. The molecule has 6 aliphatic rings. The molecule has 254 valence electrons. The van der Waals surface area contributed by atoms with Crippen LogP contribution in [0, 0.1) is 28.6 Å². The monoisotopic (exact) mass is 647 g/mol. The van der Waals surface area contributed by atoms with Crippen molar-refractivity contribution in [2.45, 2.75) is 79.2 Å². The maximum atomic E-state index is 13.7. The van der Waals surface area contributed by atoms with Crippen LogP contribution in [0.15, 0.2) is 30.3 Å². The van der Waals surface area contributed by atoms with E-state index in [1.165, 1.54) is 28.3 Å². The van der Waals surface area contributed by atoms with Crippen LogP contribution in [0.25, 0.3) is 0 Å². The number of rotatable bonds is 8. The number of hydrogen-bond donors (Lipinski definition) is 4. The minimum atomic E-state index is -2.12. The molecule has 1 heterocycles. The van der Waals surface area contributed by atoms with Gasteiger partial charge in [0, 0.05) is 83.5 Å². The van der Waals surface area contributed by atoms with Gasteiger partial charge in [-0.3, -0.25) is 4.79 Å². The third-order valence-electron chi connectivity index (χ3n) is 12.9. The van der Waals surface area contributed by atoms with Crippen LogP contribution in [0.4, 0.5) is 0 Å². The molecule has 5 saturated carbocycles. The Balaban J connectivity index is 1.56. The maximum absolute atomic E-state index is 13.7. The number of nitrogens with zero attached hydrogens (tertiary/aromatic N) is 1. The van der Waals surface area contributed by atoms with E-state index >= 15 is 0 Å². The summed E-state index contributed by atoms with van der Waals surface area (Å²) in [6.45, 7) is 1.68. The first kappa shape index (κ1) is 32.4. The summed E-state index contributed by atoms with van der Waals surface area (Å²) < 4.78 is 36.7. The molecule has 1 aromatic rings. The molecule has 5 aliphatic carbocycles. The first-order chi connectivity index (χ1) is 21.8. The molecule has 7 bridgehead atoms. The van der Waals surface area contributed by atoms with Crippen molar-refractivity contribution in [2.24, 2.45) is 28.6 Å². The van der Waals surface area contributed by atoms with E-state index < -0.39 is 106 Å². The van der Waals surface area contributed by atoms with Crippen molar-refractivity contribution in [3.8, 4) is 0 Å². The predicted octanol–water partition coefficient (Wildman–Crippen LogP) is -0.627. The van der Waals surface area contributed by atoms with Gasteiger partial charge >= 0.3 is 11.9 Å². The van der Waals surface area contributed by atoms with Crippen LogP contribution in [-0.2, 0) is 33.2 Å². The zero-order valence-electron chi connectivity index (χ0n) is 27.0. The molecule has 4 unspecified atom stereocenters. The van der Waals surface area contributed by atoms with Crippen LogP contribution in [0.2, 0.25) is 0 Å². The van der Waals surface area contributed by atoms with Gasteiger partial charge in [-0.25, -0.2) is 4.79 Å². The molecule has 13 heteroatoms. The Hall–Kier alpha value is -2.20. The summed E-state index contributed by atoms with van der Waals surface area (Å²) >= 11 is 0. The summed E-state index contributed by atoms with van der Waals surface area (Å²) in [6, 6.07) is 7.61. The molecule has 4 N–H and O–H groups in total. The molecule has 6 fully saturated rings. The molecule has 7 rings (SSSR count). The van der Waals surface area contributed by atoms with E-state index in [1.807, 2.05) is 11.9 Å². The Kier molecular flexibility index (Phi) is 7.31. The van der Waals surface area contributed by atoms with E-state index in [0.29, 0.717) is 6.54 Å². The van der Waals surface area contributed by atoms with Crippen LogP contribution in [0.1, 0.15) is 30.1 Å². The molecule has 0 aromatic heterocycles. The minimum Gasteiger partial charge on any atom is -0.455 e. The second-order valence-electron chi connectivity index (χ2n) is 14.4. The van der Waals surface area contributed by atoms with Gasteiger partial charge in [0.15, 0.2) is 5.60 Å². The number of carbonyl (C=O) groups is 2. The fourth-order valence-electron chi connectivity index (χ4n) is 12.2. The Morgan fingerprint density at radius 3 is 2.26 bits per heavy atom. The molecule has 15 atom stereocenters. The van der Waals surface area contributed by atoms with Gasteiger partial charge in [0.05, 0.1) is 42.0 Å². The number of esters is 2. The molecular formula is C33H45NO12. The van der Waals surface area contributed by atoms with E-state index in [-0.39, 0.29) is 18.6 Å². The maximum Gasteiger partial charge on any atom is 0.338 e. The molecular weight excluding hydrogens is 602 g/mol. The molecule has 46 heavy (non-hydrogen) atoms. The van der Waals surface area contributed by atoms with E-state index in [0.717, 1.165) is 0 Å². The molecule has 1 aliphatic heterocycles. The van der Waals surface area contributed by atoms with Crippen LogP contribution in [0.3, 0.4) is 0 Å². The minimum absolute atomic E-state index is 0.113. The Bertz CT molecular complexity index is 1400. The fraction of sp³-hybridized carbons (Fsp3) is 0.758. The van der Waals surface area contributed by atoms with Gasteiger partial charge in [-0.15, -0.1) is 0 Å². The average molecular weight is 648 g/mol. The lowest BCUT2D eigenvalue weighted by Crippen LogP contribution is -2.85. The largest absolute Gasteiger partial charge is 0.455 e. The van der Waals surface area contributed by atoms with Crippen molar-refractivity contribution < 1.29 is 58.4 Å². The Morgan fingerprint density at radius 1 is 0.978 bits per heavy atom. The molecule has 1 aromatic carbocycles. The highest BCUT2D eigenvalue weighted by Crippen LogP contribution is 2.81. The zero-order valence-corrected chi connectivity index (χ0v) is 27.0. The number of hydrogen-bond acceptors (Lipinski definition) is 13. The lowest BCUT2D eigenvalue weighted by atomic mass is 9.40. The van der Waals surface area contributed by atoms with Crippen molar-refractivity contribution in [1.29, 1.82) is 0 Å². The van der Waals surface area contributed by atoms with Crippen LogP contribution < -0.4 is 0 Å². The van der Waals surface area contributed by atoms with Gasteiger partial charge in [-0.05, 0) is 19.2 Å².